The molecule has 2 aliphatic rings. The lowest BCUT2D eigenvalue weighted by atomic mass is 10.3. The van der Waals surface area contributed by atoms with Gasteiger partial charge in [0.1, 0.15) is 0 Å². The Balaban J connectivity index is 1.57. The minimum Gasteiger partial charge on any atom is -0.481 e. The van der Waals surface area contributed by atoms with Crippen LogP contribution in [0.15, 0.2) is 0 Å². The van der Waals surface area contributed by atoms with Gasteiger partial charge in [0.2, 0.25) is 0 Å². The maximum Gasteiger partial charge on any atom is 0.317 e. The number of carboxylic acids is 1. The maximum atomic E-state index is 12.0. The number of hydrogen-bond acceptors (Lipinski definition) is 4. The molecule has 0 spiro atoms. The van der Waals surface area contributed by atoms with Gasteiger partial charge in [-0.15, -0.1) is 0 Å². The third-order valence-corrected chi connectivity index (χ3v) is 4.21. The Bertz CT molecular complexity index is 365. The van der Waals surface area contributed by atoms with Crippen LogP contribution in [-0.2, 0) is 4.79 Å². The quantitative estimate of drug-likeness (QED) is 0.685. The van der Waals surface area contributed by atoms with Crippen molar-refractivity contribution < 1.29 is 14.7 Å². The molecule has 1 aliphatic carbocycles. The lowest BCUT2D eigenvalue weighted by Gasteiger charge is -2.34. The molecule has 2 N–H and O–H groups in total. The first-order valence-electron chi connectivity index (χ1n) is 7.73. The van der Waals surface area contributed by atoms with Gasteiger partial charge in [-0.3, -0.25) is 9.69 Å². The van der Waals surface area contributed by atoms with E-state index in [1.807, 2.05) is 4.90 Å². The van der Waals surface area contributed by atoms with Gasteiger partial charge in [-0.1, -0.05) is 0 Å². The number of rotatable bonds is 7. The molecule has 7 nitrogen and oxygen atoms in total. The van der Waals surface area contributed by atoms with Gasteiger partial charge in [0.15, 0.2) is 0 Å². The first-order valence-corrected chi connectivity index (χ1v) is 7.73. The molecule has 2 amide bonds. The van der Waals surface area contributed by atoms with E-state index in [4.69, 9.17) is 5.11 Å². The number of carbonyl (C=O) groups excluding carboxylic acids is 1. The molecule has 0 radical (unpaired) electrons. The smallest absolute Gasteiger partial charge is 0.317 e. The lowest BCUT2D eigenvalue weighted by molar-refractivity contribution is -0.137. The minimum absolute atomic E-state index is 0.00270. The summed E-state index contributed by atoms with van der Waals surface area (Å²) in [7, 11) is 2.10. The molecule has 21 heavy (non-hydrogen) atoms. The van der Waals surface area contributed by atoms with Crippen LogP contribution in [0.1, 0.15) is 19.3 Å². The SMILES string of the molecule is CN(CCNC(=O)N1CCN(CCC(=O)O)CC1)C1CC1. The molecule has 0 aromatic rings. The van der Waals surface area contributed by atoms with Crippen LogP contribution in [0.2, 0.25) is 0 Å². The first kappa shape index (κ1) is 16.0. The zero-order valence-corrected chi connectivity index (χ0v) is 12.8. The van der Waals surface area contributed by atoms with Crippen LogP contribution in [-0.4, -0.2) is 90.7 Å². The van der Waals surface area contributed by atoms with Crippen molar-refractivity contribution in [1.29, 1.82) is 0 Å². The van der Waals surface area contributed by atoms with Gasteiger partial charge < -0.3 is 20.2 Å². The second-order valence-corrected chi connectivity index (χ2v) is 5.92. The largest absolute Gasteiger partial charge is 0.481 e. The highest BCUT2D eigenvalue weighted by molar-refractivity contribution is 5.74. The van der Waals surface area contributed by atoms with E-state index in [0.29, 0.717) is 26.2 Å². The number of amides is 2. The Morgan fingerprint density at radius 1 is 1.24 bits per heavy atom. The summed E-state index contributed by atoms with van der Waals surface area (Å²) in [5.41, 5.74) is 0. The predicted molar refractivity (Wildman–Crippen MR) is 79.3 cm³/mol. The van der Waals surface area contributed by atoms with Gasteiger partial charge in [-0.2, -0.15) is 0 Å². The van der Waals surface area contributed by atoms with Crippen LogP contribution in [0.25, 0.3) is 0 Å². The van der Waals surface area contributed by atoms with E-state index in [9.17, 15) is 9.59 Å². The summed E-state index contributed by atoms with van der Waals surface area (Å²) >= 11 is 0. The van der Waals surface area contributed by atoms with E-state index in [-0.39, 0.29) is 12.5 Å². The number of urea groups is 1. The fraction of sp³-hybridized carbons (Fsp3) is 0.857. The zero-order chi connectivity index (χ0) is 15.2. The average Bonchev–Trinajstić information content (AvgIpc) is 3.30. The molecule has 2 rings (SSSR count). The molecule has 1 aliphatic heterocycles. The highest BCUT2D eigenvalue weighted by Crippen LogP contribution is 2.24. The molecule has 1 saturated carbocycles. The molecule has 1 saturated heterocycles. The number of aliphatic carboxylic acids is 1. The number of carbonyl (C=O) groups is 2. The second-order valence-electron chi connectivity index (χ2n) is 5.92. The predicted octanol–water partition coefficient (Wildman–Crippen LogP) is -0.117. The lowest BCUT2D eigenvalue weighted by Crippen LogP contribution is -2.52. The molecule has 120 valence electrons. The summed E-state index contributed by atoms with van der Waals surface area (Å²) in [5.74, 6) is -0.769. The number of nitrogens with zero attached hydrogens (tertiary/aromatic N) is 3. The number of carboxylic acid groups (broad SMARTS) is 1. The molecule has 1 heterocycles. The van der Waals surface area contributed by atoms with Crippen molar-refractivity contribution in [2.75, 3.05) is 52.9 Å². The van der Waals surface area contributed by atoms with E-state index in [0.717, 1.165) is 25.7 Å². The van der Waals surface area contributed by atoms with Crippen molar-refractivity contribution in [3.63, 3.8) is 0 Å². The van der Waals surface area contributed by atoms with Gasteiger partial charge in [-0.05, 0) is 19.9 Å². The molecule has 0 aromatic heterocycles. The standard InChI is InChI=1S/C14H26N4O3/c1-16(12-2-3-12)7-5-15-14(21)18-10-8-17(9-11-18)6-4-13(19)20/h12H,2-11H2,1H3,(H,15,21)(H,19,20). The fourth-order valence-electron chi connectivity index (χ4n) is 2.58. The normalized spacial score (nSPS) is 19.8. The summed E-state index contributed by atoms with van der Waals surface area (Å²) in [5, 5.41) is 11.6. The van der Waals surface area contributed by atoms with Crippen molar-refractivity contribution in [3.8, 4) is 0 Å². The van der Waals surface area contributed by atoms with Crippen LogP contribution >= 0.6 is 0 Å². The minimum atomic E-state index is -0.769. The van der Waals surface area contributed by atoms with Crippen LogP contribution in [0, 0.1) is 0 Å². The van der Waals surface area contributed by atoms with Crippen LogP contribution in [0.4, 0.5) is 4.79 Å². The van der Waals surface area contributed by atoms with Crippen LogP contribution < -0.4 is 5.32 Å². The third-order valence-electron chi connectivity index (χ3n) is 4.21. The van der Waals surface area contributed by atoms with Crippen molar-refractivity contribution >= 4 is 12.0 Å². The molecule has 0 aromatic carbocycles. The zero-order valence-electron chi connectivity index (χ0n) is 12.8. The Kier molecular flexibility index (Phi) is 5.81. The molecule has 0 unspecified atom stereocenters. The van der Waals surface area contributed by atoms with Gasteiger partial charge in [-0.25, -0.2) is 4.79 Å². The Morgan fingerprint density at radius 2 is 1.90 bits per heavy atom. The van der Waals surface area contributed by atoms with E-state index in [1.165, 1.54) is 12.8 Å². The van der Waals surface area contributed by atoms with Crippen LogP contribution in [0.5, 0.6) is 0 Å². The summed E-state index contributed by atoms with van der Waals surface area (Å²) in [6, 6.07) is 0.719. The fourth-order valence-corrected chi connectivity index (χ4v) is 2.58. The van der Waals surface area contributed by atoms with Crippen molar-refractivity contribution in [1.82, 2.24) is 20.0 Å². The molecule has 0 bridgehead atoms. The van der Waals surface area contributed by atoms with Crippen LogP contribution in [0.3, 0.4) is 0 Å². The van der Waals surface area contributed by atoms with Gasteiger partial charge >= 0.3 is 12.0 Å². The monoisotopic (exact) mass is 298 g/mol. The first-order chi connectivity index (χ1) is 10.1. The summed E-state index contributed by atoms with van der Waals surface area (Å²) in [6.07, 6.45) is 2.73. The number of piperazine rings is 1. The molecular formula is C14H26N4O3. The summed E-state index contributed by atoms with van der Waals surface area (Å²) in [4.78, 5) is 28.8. The van der Waals surface area contributed by atoms with E-state index in [2.05, 4.69) is 22.2 Å². The van der Waals surface area contributed by atoms with Gasteiger partial charge in [0, 0.05) is 51.9 Å². The highest BCUT2D eigenvalue weighted by atomic mass is 16.4. The molecule has 7 heteroatoms. The third kappa shape index (κ3) is 5.51. The summed E-state index contributed by atoms with van der Waals surface area (Å²) < 4.78 is 0. The Morgan fingerprint density at radius 3 is 2.48 bits per heavy atom. The van der Waals surface area contributed by atoms with Gasteiger partial charge in [0.25, 0.3) is 0 Å². The molecular weight excluding hydrogens is 272 g/mol. The Labute approximate surface area is 125 Å². The molecule has 0 atom stereocenters. The number of nitrogens with one attached hydrogen (secondary N) is 1. The second kappa shape index (κ2) is 7.61. The van der Waals surface area contributed by atoms with E-state index < -0.39 is 5.97 Å². The van der Waals surface area contributed by atoms with Crippen molar-refractivity contribution in [3.05, 3.63) is 0 Å². The van der Waals surface area contributed by atoms with Crippen molar-refractivity contribution in [2.24, 2.45) is 0 Å². The maximum absolute atomic E-state index is 12.0. The van der Waals surface area contributed by atoms with E-state index >= 15 is 0 Å². The van der Waals surface area contributed by atoms with Crippen molar-refractivity contribution in [2.45, 2.75) is 25.3 Å². The Hall–Kier alpha value is -1.34. The number of likely N-dealkylation sites (N-methyl/N-ethyl adjacent to an activating group) is 1. The average molecular weight is 298 g/mol. The van der Waals surface area contributed by atoms with E-state index in [1.54, 1.807) is 0 Å². The number of hydrogen-bond donors (Lipinski definition) is 2. The topological polar surface area (TPSA) is 76.1 Å². The highest BCUT2D eigenvalue weighted by Gasteiger charge is 2.26. The summed E-state index contributed by atoms with van der Waals surface area (Å²) in [6.45, 7) is 5.00. The van der Waals surface area contributed by atoms with Gasteiger partial charge in [0.05, 0.1) is 6.42 Å². The molecule has 2 fully saturated rings.